The molecule has 0 bridgehead atoms. The Kier molecular flexibility index (Phi) is 4.99. The second-order valence-electron chi connectivity index (χ2n) is 5.57. The van der Waals surface area contributed by atoms with Gasteiger partial charge in [0, 0.05) is 12.7 Å². The number of hydrogen-bond acceptors (Lipinski definition) is 2. The molecule has 4 nitrogen and oxygen atoms in total. The van der Waals surface area contributed by atoms with Crippen LogP contribution in [0.15, 0.2) is 6.07 Å². The Balaban J connectivity index is 1.87. The zero-order chi connectivity index (χ0) is 14.8. The average molecular weight is 319 g/mol. The van der Waals surface area contributed by atoms with Gasteiger partial charge in [-0.2, -0.15) is 0 Å². The molecule has 0 unspecified atom stereocenters. The molecule has 1 heterocycles. The molecule has 0 spiro atoms. The maximum absolute atomic E-state index is 11.9. The van der Waals surface area contributed by atoms with Crippen molar-refractivity contribution in [3.05, 3.63) is 21.9 Å². The molecular formula is C14H20Cl2N2O2. The third-order valence-electron chi connectivity index (χ3n) is 3.96. The number of amides is 1. The topological polar surface area (TPSA) is 54.3 Å². The fraction of sp³-hybridized carbons (Fsp3) is 0.643. The summed E-state index contributed by atoms with van der Waals surface area (Å²) in [5.74, 6) is -0.136. The van der Waals surface area contributed by atoms with Gasteiger partial charge < -0.3 is 15.0 Å². The molecule has 1 fully saturated rings. The third kappa shape index (κ3) is 3.68. The number of halogens is 2. The summed E-state index contributed by atoms with van der Waals surface area (Å²) in [7, 11) is 1.80. The smallest absolute Gasteiger partial charge is 0.223 e. The molecule has 0 atom stereocenters. The maximum atomic E-state index is 11.9. The van der Waals surface area contributed by atoms with E-state index in [0.29, 0.717) is 29.6 Å². The van der Waals surface area contributed by atoms with E-state index in [-0.39, 0.29) is 12.3 Å². The summed E-state index contributed by atoms with van der Waals surface area (Å²) in [6.45, 7) is 0.359. The van der Waals surface area contributed by atoms with E-state index < -0.39 is 5.60 Å². The molecule has 2 N–H and O–H groups in total. The fourth-order valence-electron chi connectivity index (χ4n) is 2.70. The van der Waals surface area contributed by atoms with E-state index in [1.807, 2.05) is 0 Å². The second-order valence-corrected chi connectivity index (χ2v) is 6.34. The maximum Gasteiger partial charge on any atom is 0.223 e. The van der Waals surface area contributed by atoms with Crippen LogP contribution in [0.5, 0.6) is 0 Å². The molecule has 6 heteroatoms. The van der Waals surface area contributed by atoms with Gasteiger partial charge in [-0.1, -0.05) is 42.5 Å². The lowest BCUT2D eigenvalue weighted by molar-refractivity contribution is -0.127. The number of carbonyl (C=O) groups is 1. The van der Waals surface area contributed by atoms with E-state index in [1.54, 1.807) is 17.7 Å². The second kappa shape index (κ2) is 6.37. The molecule has 1 amide bonds. The van der Waals surface area contributed by atoms with E-state index in [9.17, 15) is 9.90 Å². The molecule has 1 saturated carbocycles. The Hall–Kier alpha value is -0.710. The Morgan fingerprint density at radius 2 is 2.05 bits per heavy atom. The number of carbonyl (C=O) groups excluding carboxylic acids is 1. The lowest BCUT2D eigenvalue weighted by Crippen LogP contribution is -2.38. The molecule has 0 aromatic carbocycles. The van der Waals surface area contributed by atoms with Crippen LogP contribution in [-0.2, 0) is 18.4 Å². The Morgan fingerprint density at radius 3 is 2.60 bits per heavy atom. The number of rotatable bonds is 4. The minimum absolute atomic E-state index is 0.136. The number of hydrogen-bond donors (Lipinski definition) is 2. The van der Waals surface area contributed by atoms with Crippen LogP contribution in [0.25, 0.3) is 0 Å². The molecule has 1 aliphatic carbocycles. The Bertz CT molecular complexity index is 494. The number of nitrogens with zero attached hydrogens (tertiary/aromatic N) is 1. The minimum Gasteiger partial charge on any atom is -0.389 e. The summed E-state index contributed by atoms with van der Waals surface area (Å²) in [6.07, 6.45) is 4.72. The number of nitrogens with one attached hydrogen (secondary N) is 1. The van der Waals surface area contributed by atoms with Crippen LogP contribution in [-0.4, -0.2) is 21.2 Å². The van der Waals surface area contributed by atoms with Crippen molar-refractivity contribution < 1.29 is 9.90 Å². The average Bonchev–Trinajstić information content (AvgIpc) is 2.64. The summed E-state index contributed by atoms with van der Waals surface area (Å²) in [5, 5.41) is 14.1. The quantitative estimate of drug-likeness (QED) is 0.896. The van der Waals surface area contributed by atoms with Crippen LogP contribution in [0.1, 0.15) is 44.2 Å². The molecule has 20 heavy (non-hydrogen) atoms. The van der Waals surface area contributed by atoms with Gasteiger partial charge in [-0.25, -0.2) is 0 Å². The van der Waals surface area contributed by atoms with Crippen LogP contribution in [0.2, 0.25) is 10.2 Å². The first-order valence-corrected chi connectivity index (χ1v) is 7.65. The largest absolute Gasteiger partial charge is 0.389 e. The van der Waals surface area contributed by atoms with Gasteiger partial charge in [0.2, 0.25) is 5.91 Å². The minimum atomic E-state index is -0.828. The highest BCUT2D eigenvalue weighted by atomic mass is 35.5. The summed E-state index contributed by atoms with van der Waals surface area (Å²) in [5.41, 5.74) is 0.00947. The summed E-state index contributed by atoms with van der Waals surface area (Å²) in [4.78, 5) is 11.9. The van der Waals surface area contributed by atoms with Gasteiger partial charge in [-0.3, -0.25) is 4.79 Å². The highest BCUT2D eigenvalue weighted by molar-refractivity contribution is 6.41. The first-order chi connectivity index (χ1) is 9.41. The predicted molar refractivity (Wildman–Crippen MR) is 79.9 cm³/mol. The van der Waals surface area contributed by atoms with Crippen molar-refractivity contribution in [2.24, 2.45) is 7.05 Å². The molecular weight excluding hydrogens is 299 g/mol. The van der Waals surface area contributed by atoms with Gasteiger partial charge in [0.25, 0.3) is 0 Å². The highest BCUT2D eigenvalue weighted by Gasteiger charge is 2.31. The number of aromatic nitrogens is 1. The Labute approximate surface area is 129 Å². The highest BCUT2D eigenvalue weighted by Crippen LogP contribution is 2.30. The Morgan fingerprint density at radius 1 is 1.40 bits per heavy atom. The molecule has 1 aliphatic rings. The van der Waals surface area contributed by atoms with Crippen LogP contribution in [0.4, 0.5) is 0 Å². The molecule has 2 rings (SSSR count). The molecule has 0 radical (unpaired) electrons. The molecule has 1 aromatic rings. The van der Waals surface area contributed by atoms with Crippen molar-refractivity contribution in [1.82, 2.24) is 9.88 Å². The van der Waals surface area contributed by atoms with Crippen molar-refractivity contribution in [1.29, 1.82) is 0 Å². The summed E-state index contributed by atoms with van der Waals surface area (Å²) < 4.78 is 1.74. The molecule has 0 saturated heterocycles. The van der Waals surface area contributed by atoms with E-state index in [4.69, 9.17) is 23.2 Å². The van der Waals surface area contributed by atoms with Crippen LogP contribution >= 0.6 is 23.2 Å². The van der Waals surface area contributed by atoms with Gasteiger partial charge in [0.05, 0.1) is 23.6 Å². The van der Waals surface area contributed by atoms with Gasteiger partial charge in [-0.15, -0.1) is 0 Å². The van der Waals surface area contributed by atoms with Gasteiger partial charge in [0.15, 0.2) is 0 Å². The first-order valence-electron chi connectivity index (χ1n) is 6.90. The van der Waals surface area contributed by atoms with E-state index in [2.05, 4.69) is 5.32 Å². The van der Waals surface area contributed by atoms with Gasteiger partial charge in [-0.05, 0) is 18.9 Å². The summed E-state index contributed by atoms with van der Waals surface area (Å²) in [6, 6.07) is 1.74. The van der Waals surface area contributed by atoms with Crippen molar-refractivity contribution in [3.63, 3.8) is 0 Å². The van der Waals surface area contributed by atoms with Gasteiger partial charge in [0.1, 0.15) is 5.15 Å². The zero-order valence-electron chi connectivity index (χ0n) is 11.6. The molecule has 112 valence electrons. The third-order valence-corrected chi connectivity index (χ3v) is 4.80. The van der Waals surface area contributed by atoms with Crippen LogP contribution in [0, 0.1) is 0 Å². The lowest BCUT2D eigenvalue weighted by Gasteiger charge is -2.31. The van der Waals surface area contributed by atoms with Crippen molar-refractivity contribution in [3.8, 4) is 0 Å². The first kappa shape index (κ1) is 15.7. The standard InChI is InChI=1S/C14H20Cl2N2O2/c1-18-10(7-11(15)13(18)16)9-17-12(19)8-14(20)5-3-2-4-6-14/h7,20H,2-6,8-9H2,1H3,(H,17,19). The lowest BCUT2D eigenvalue weighted by atomic mass is 9.82. The monoisotopic (exact) mass is 318 g/mol. The normalized spacial score (nSPS) is 18.0. The van der Waals surface area contributed by atoms with Crippen molar-refractivity contribution in [2.75, 3.05) is 0 Å². The van der Waals surface area contributed by atoms with Crippen LogP contribution < -0.4 is 5.32 Å². The fourth-order valence-corrected chi connectivity index (χ4v) is 3.11. The van der Waals surface area contributed by atoms with E-state index in [0.717, 1.165) is 25.0 Å². The van der Waals surface area contributed by atoms with Gasteiger partial charge >= 0.3 is 0 Å². The molecule has 1 aromatic heterocycles. The SMILES string of the molecule is Cn1c(CNC(=O)CC2(O)CCCCC2)cc(Cl)c1Cl. The van der Waals surface area contributed by atoms with Crippen LogP contribution in [0.3, 0.4) is 0 Å². The summed E-state index contributed by atoms with van der Waals surface area (Å²) >= 11 is 11.9. The van der Waals surface area contributed by atoms with E-state index in [1.165, 1.54) is 0 Å². The van der Waals surface area contributed by atoms with Crippen molar-refractivity contribution in [2.45, 2.75) is 50.7 Å². The zero-order valence-corrected chi connectivity index (χ0v) is 13.1. The van der Waals surface area contributed by atoms with Crippen molar-refractivity contribution >= 4 is 29.1 Å². The molecule has 0 aliphatic heterocycles. The number of aliphatic hydroxyl groups is 1. The van der Waals surface area contributed by atoms with E-state index >= 15 is 0 Å². The predicted octanol–water partition coefficient (Wildman–Crippen LogP) is 3.03.